The van der Waals surface area contributed by atoms with Crippen LogP contribution in [0.1, 0.15) is 18.5 Å². The van der Waals surface area contributed by atoms with Gasteiger partial charge < -0.3 is 5.32 Å². The van der Waals surface area contributed by atoms with Gasteiger partial charge in [-0.25, -0.2) is 0 Å². The Morgan fingerprint density at radius 1 is 1.42 bits per heavy atom. The Morgan fingerprint density at radius 2 is 2.33 bits per heavy atom. The van der Waals surface area contributed by atoms with Gasteiger partial charge in [-0.2, -0.15) is 0 Å². The molecule has 0 radical (unpaired) electrons. The maximum Gasteiger partial charge on any atom is 0.0635 e. The zero-order chi connectivity index (χ0) is 8.39. The highest BCUT2D eigenvalue weighted by Gasteiger charge is 2.07. The van der Waals surface area contributed by atoms with Gasteiger partial charge >= 0.3 is 0 Å². The number of nitrogens with one attached hydrogen (secondary N) is 1. The first-order valence-corrected chi connectivity index (χ1v) is 4.62. The highest BCUT2D eigenvalue weighted by atomic mass is 35.5. The molecule has 1 aromatic rings. The molecule has 12 heavy (non-hydrogen) atoms. The molecule has 0 fully saturated rings. The lowest BCUT2D eigenvalue weighted by atomic mass is 10.2. The van der Waals surface area contributed by atoms with E-state index in [1.807, 2.05) is 6.07 Å². The Labute approximate surface area is 77.0 Å². The minimum Gasteiger partial charge on any atom is -0.384 e. The molecule has 0 aromatic carbocycles. The van der Waals surface area contributed by atoms with Gasteiger partial charge in [0.25, 0.3) is 0 Å². The van der Waals surface area contributed by atoms with E-state index in [0.29, 0.717) is 5.02 Å². The van der Waals surface area contributed by atoms with Crippen LogP contribution in [0.15, 0.2) is 12.3 Å². The van der Waals surface area contributed by atoms with Crippen LogP contribution in [-0.2, 0) is 6.42 Å². The number of aromatic nitrogens is 1. The first kappa shape index (κ1) is 7.87. The summed E-state index contributed by atoms with van der Waals surface area (Å²) >= 11 is 5.83. The van der Waals surface area contributed by atoms with Crippen molar-refractivity contribution in [2.24, 2.45) is 0 Å². The summed E-state index contributed by atoms with van der Waals surface area (Å²) in [6, 6.07) is 1.95. The number of aryl methyl sites for hydroxylation is 1. The van der Waals surface area contributed by atoms with Crippen LogP contribution in [0.2, 0.25) is 5.02 Å². The van der Waals surface area contributed by atoms with Crippen molar-refractivity contribution in [2.45, 2.75) is 19.3 Å². The molecule has 2 rings (SSSR count). The first-order chi connectivity index (χ1) is 5.86. The first-order valence-electron chi connectivity index (χ1n) is 4.24. The largest absolute Gasteiger partial charge is 0.384 e. The zero-order valence-corrected chi connectivity index (χ0v) is 7.56. The molecule has 0 aliphatic carbocycles. The second-order valence-electron chi connectivity index (χ2n) is 3.03. The van der Waals surface area contributed by atoms with E-state index in [1.54, 1.807) is 6.20 Å². The van der Waals surface area contributed by atoms with Gasteiger partial charge in [0.15, 0.2) is 0 Å². The highest BCUT2D eigenvalue weighted by Crippen LogP contribution is 2.22. The average Bonchev–Trinajstić information content (AvgIpc) is 2.28. The van der Waals surface area contributed by atoms with E-state index in [2.05, 4.69) is 10.3 Å². The highest BCUT2D eigenvalue weighted by molar-refractivity contribution is 6.30. The average molecular weight is 183 g/mol. The summed E-state index contributed by atoms with van der Waals surface area (Å²) in [7, 11) is 0. The maximum absolute atomic E-state index is 5.83. The molecule has 0 unspecified atom stereocenters. The Hall–Kier alpha value is -0.760. The van der Waals surface area contributed by atoms with Gasteiger partial charge in [-0.05, 0) is 25.3 Å². The van der Waals surface area contributed by atoms with Crippen LogP contribution in [0.4, 0.5) is 5.69 Å². The van der Waals surface area contributed by atoms with Crippen molar-refractivity contribution in [1.29, 1.82) is 0 Å². The molecule has 1 N–H and O–H groups in total. The number of hydrogen-bond acceptors (Lipinski definition) is 2. The lowest BCUT2D eigenvalue weighted by Crippen LogP contribution is -2.00. The lowest BCUT2D eigenvalue weighted by Gasteiger charge is -2.05. The van der Waals surface area contributed by atoms with Crippen molar-refractivity contribution in [3.8, 4) is 0 Å². The van der Waals surface area contributed by atoms with Crippen LogP contribution in [0.3, 0.4) is 0 Å². The minimum atomic E-state index is 0.711. The molecule has 64 valence electrons. The molecule has 2 heterocycles. The number of rotatable bonds is 0. The Kier molecular flexibility index (Phi) is 2.17. The van der Waals surface area contributed by atoms with E-state index in [0.717, 1.165) is 24.3 Å². The fourth-order valence-electron chi connectivity index (χ4n) is 1.46. The van der Waals surface area contributed by atoms with Gasteiger partial charge in [-0.3, -0.25) is 4.98 Å². The number of hydrogen-bond donors (Lipinski definition) is 1. The summed E-state index contributed by atoms with van der Waals surface area (Å²) in [6.45, 7) is 1.04. The predicted molar refractivity (Wildman–Crippen MR) is 50.7 cm³/mol. The summed E-state index contributed by atoms with van der Waals surface area (Å²) in [6.07, 6.45) is 5.22. The standard InChI is InChI=1S/C9H11ClN2/c10-7-5-9-8(12-6-7)3-1-2-4-11-9/h5-6,11H,1-4H2. The third-order valence-electron chi connectivity index (χ3n) is 2.09. The molecule has 0 atom stereocenters. The number of pyridine rings is 1. The molecule has 2 nitrogen and oxygen atoms in total. The van der Waals surface area contributed by atoms with Crippen LogP contribution in [0.25, 0.3) is 0 Å². The van der Waals surface area contributed by atoms with Crippen molar-refractivity contribution in [2.75, 3.05) is 11.9 Å². The van der Waals surface area contributed by atoms with Crippen LogP contribution < -0.4 is 5.32 Å². The number of anilines is 1. The molecule has 0 saturated carbocycles. The minimum absolute atomic E-state index is 0.711. The van der Waals surface area contributed by atoms with Crippen molar-refractivity contribution in [3.05, 3.63) is 23.0 Å². The Balaban J connectivity index is 2.36. The topological polar surface area (TPSA) is 24.9 Å². The molecular formula is C9H11ClN2. The molecule has 0 spiro atoms. The quantitative estimate of drug-likeness (QED) is 0.667. The van der Waals surface area contributed by atoms with Gasteiger partial charge in [0.2, 0.25) is 0 Å². The second kappa shape index (κ2) is 3.31. The number of nitrogens with zero attached hydrogens (tertiary/aromatic N) is 1. The van der Waals surface area contributed by atoms with Crippen LogP contribution in [-0.4, -0.2) is 11.5 Å². The molecule has 0 saturated heterocycles. The third kappa shape index (κ3) is 1.53. The normalized spacial score (nSPS) is 16.1. The van der Waals surface area contributed by atoms with Crippen molar-refractivity contribution in [1.82, 2.24) is 4.98 Å². The summed E-state index contributed by atoms with van der Waals surface area (Å²) in [5, 5.41) is 4.03. The SMILES string of the molecule is Clc1cnc2c(c1)NCCCC2. The van der Waals surface area contributed by atoms with E-state index in [1.165, 1.54) is 12.8 Å². The zero-order valence-electron chi connectivity index (χ0n) is 6.81. The molecule has 3 heteroatoms. The van der Waals surface area contributed by atoms with Gasteiger partial charge in [0.1, 0.15) is 0 Å². The van der Waals surface area contributed by atoms with Crippen LogP contribution in [0, 0.1) is 0 Å². The van der Waals surface area contributed by atoms with E-state index in [-0.39, 0.29) is 0 Å². The van der Waals surface area contributed by atoms with Gasteiger partial charge in [-0.1, -0.05) is 11.6 Å². The lowest BCUT2D eigenvalue weighted by molar-refractivity contribution is 0.774. The molecule has 1 aromatic heterocycles. The van der Waals surface area contributed by atoms with Gasteiger partial charge in [-0.15, -0.1) is 0 Å². The number of fused-ring (bicyclic) bond motifs is 1. The summed E-state index contributed by atoms with van der Waals surface area (Å²) in [5.74, 6) is 0. The van der Waals surface area contributed by atoms with E-state index in [9.17, 15) is 0 Å². The second-order valence-corrected chi connectivity index (χ2v) is 3.47. The predicted octanol–water partition coefficient (Wildman–Crippen LogP) is 2.48. The molecule has 1 aliphatic rings. The Bertz CT molecular complexity index is 286. The van der Waals surface area contributed by atoms with Crippen molar-refractivity contribution in [3.63, 3.8) is 0 Å². The fourth-order valence-corrected chi connectivity index (χ4v) is 1.62. The fraction of sp³-hybridized carbons (Fsp3) is 0.444. The summed E-state index contributed by atoms with van der Waals surface area (Å²) in [4.78, 5) is 4.28. The van der Waals surface area contributed by atoms with Gasteiger partial charge in [0.05, 0.1) is 16.4 Å². The van der Waals surface area contributed by atoms with Gasteiger partial charge in [0, 0.05) is 12.7 Å². The molecule has 1 aliphatic heterocycles. The Morgan fingerprint density at radius 3 is 3.25 bits per heavy atom. The van der Waals surface area contributed by atoms with E-state index < -0.39 is 0 Å². The molecule has 0 amide bonds. The smallest absolute Gasteiger partial charge is 0.0635 e. The third-order valence-corrected chi connectivity index (χ3v) is 2.30. The summed E-state index contributed by atoms with van der Waals surface area (Å²) in [5.41, 5.74) is 2.26. The van der Waals surface area contributed by atoms with Crippen LogP contribution in [0.5, 0.6) is 0 Å². The van der Waals surface area contributed by atoms with Crippen LogP contribution >= 0.6 is 11.6 Å². The maximum atomic E-state index is 5.83. The summed E-state index contributed by atoms with van der Waals surface area (Å²) < 4.78 is 0. The van der Waals surface area contributed by atoms with Crippen molar-refractivity contribution < 1.29 is 0 Å². The monoisotopic (exact) mass is 182 g/mol. The number of halogens is 1. The molecular weight excluding hydrogens is 172 g/mol. The van der Waals surface area contributed by atoms with E-state index in [4.69, 9.17) is 11.6 Å². The molecule has 0 bridgehead atoms. The van der Waals surface area contributed by atoms with Crippen molar-refractivity contribution >= 4 is 17.3 Å². The van der Waals surface area contributed by atoms with E-state index >= 15 is 0 Å².